The Bertz CT molecular complexity index is 939. The number of aromatic amines is 1. The Labute approximate surface area is 159 Å². The highest BCUT2D eigenvalue weighted by Gasteiger charge is 2.19. The van der Waals surface area contributed by atoms with E-state index in [-0.39, 0.29) is 40.1 Å². The first-order valence-corrected chi connectivity index (χ1v) is 8.40. The first-order valence-electron chi connectivity index (χ1n) is 8.02. The van der Waals surface area contributed by atoms with Crippen LogP contribution in [0, 0.1) is 5.82 Å². The third-order valence-corrected chi connectivity index (χ3v) is 4.27. The van der Waals surface area contributed by atoms with Gasteiger partial charge in [-0.1, -0.05) is 29.8 Å². The molecule has 3 aromatic rings. The molecule has 0 saturated carbocycles. The number of carbonyl (C=O) groups excluding carboxylic acids is 1. The van der Waals surface area contributed by atoms with Gasteiger partial charge in [0.15, 0.2) is 5.82 Å². The van der Waals surface area contributed by atoms with Crippen molar-refractivity contribution in [1.29, 1.82) is 0 Å². The van der Waals surface area contributed by atoms with Crippen LogP contribution in [0.5, 0.6) is 5.75 Å². The van der Waals surface area contributed by atoms with E-state index in [1.807, 2.05) is 0 Å². The SMILES string of the molecule is NC(=O)c1c(NCc2ccc(O)cc2)n[nH]c1NCc1c(F)cccc1Cl. The van der Waals surface area contributed by atoms with E-state index < -0.39 is 11.7 Å². The first kappa shape index (κ1) is 18.5. The van der Waals surface area contributed by atoms with Crippen LogP contribution in [0.4, 0.5) is 16.0 Å². The summed E-state index contributed by atoms with van der Waals surface area (Å²) in [6, 6.07) is 11.0. The summed E-state index contributed by atoms with van der Waals surface area (Å²) in [7, 11) is 0. The lowest BCUT2D eigenvalue weighted by molar-refractivity contribution is 0.100. The quantitative estimate of drug-likeness (QED) is 0.425. The van der Waals surface area contributed by atoms with Crippen LogP contribution in [0.1, 0.15) is 21.5 Å². The average Bonchev–Trinajstić information content (AvgIpc) is 3.04. The van der Waals surface area contributed by atoms with Crippen molar-refractivity contribution in [3.63, 3.8) is 0 Å². The number of anilines is 2. The second-order valence-electron chi connectivity index (χ2n) is 5.76. The van der Waals surface area contributed by atoms with Crippen molar-refractivity contribution in [3.05, 3.63) is 70.0 Å². The molecule has 0 aliphatic heterocycles. The van der Waals surface area contributed by atoms with Crippen molar-refractivity contribution in [2.24, 2.45) is 5.73 Å². The summed E-state index contributed by atoms with van der Waals surface area (Å²) in [5.41, 5.74) is 6.73. The van der Waals surface area contributed by atoms with Crippen LogP contribution in [-0.4, -0.2) is 21.2 Å². The van der Waals surface area contributed by atoms with Gasteiger partial charge in [0.2, 0.25) is 0 Å². The Hall–Kier alpha value is -3.26. The summed E-state index contributed by atoms with van der Waals surface area (Å²) in [5, 5.41) is 22.2. The highest BCUT2D eigenvalue weighted by atomic mass is 35.5. The summed E-state index contributed by atoms with van der Waals surface area (Å²) in [6.45, 7) is 0.412. The van der Waals surface area contributed by atoms with Gasteiger partial charge >= 0.3 is 0 Å². The molecule has 3 rings (SSSR count). The van der Waals surface area contributed by atoms with Crippen LogP contribution in [0.15, 0.2) is 42.5 Å². The Morgan fingerprint density at radius 3 is 2.59 bits per heavy atom. The Morgan fingerprint density at radius 2 is 1.93 bits per heavy atom. The highest BCUT2D eigenvalue weighted by Crippen LogP contribution is 2.24. The standard InChI is InChI=1S/C18H17ClFN5O2/c19-13-2-1-3-14(20)12(13)9-23-18-15(16(21)27)17(24-25-18)22-8-10-4-6-11(26)7-5-10/h1-7,26H,8-9H2,(H2,21,27)(H3,22,23,24,25). The second kappa shape index (κ2) is 7.96. The molecular weight excluding hydrogens is 373 g/mol. The van der Waals surface area contributed by atoms with E-state index in [4.69, 9.17) is 17.3 Å². The number of halogens is 2. The van der Waals surface area contributed by atoms with E-state index in [1.165, 1.54) is 12.1 Å². The number of nitrogens with two attached hydrogens (primary N) is 1. The first-order chi connectivity index (χ1) is 13.0. The average molecular weight is 390 g/mol. The maximum atomic E-state index is 13.9. The zero-order valence-corrected chi connectivity index (χ0v) is 14.8. The largest absolute Gasteiger partial charge is 0.508 e. The van der Waals surface area contributed by atoms with Gasteiger partial charge in [0.25, 0.3) is 5.91 Å². The summed E-state index contributed by atoms with van der Waals surface area (Å²) in [6.07, 6.45) is 0. The molecule has 0 atom stereocenters. The number of aromatic nitrogens is 2. The van der Waals surface area contributed by atoms with Gasteiger partial charge in [0.1, 0.15) is 22.9 Å². The van der Waals surface area contributed by atoms with Gasteiger partial charge in [-0.05, 0) is 29.8 Å². The van der Waals surface area contributed by atoms with Gasteiger partial charge in [0, 0.05) is 23.7 Å². The van der Waals surface area contributed by atoms with Crippen LogP contribution < -0.4 is 16.4 Å². The molecule has 27 heavy (non-hydrogen) atoms. The number of hydrogen-bond donors (Lipinski definition) is 5. The van der Waals surface area contributed by atoms with E-state index in [1.54, 1.807) is 30.3 Å². The molecule has 6 N–H and O–H groups in total. The second-order valence-corrected chi connectivity index (χ2v) is 6.17. The summed E-state index contributed by atoms with van der Waals surface area (Å²) in [4.78, 5) is 11.9. The lowest BCUT2D eigenvalue weighted by atomic mass is 10.2. The lowest BCUT2D eigenvalue weighted by Gasteiger charge is -2.09. The van der Waals surface area contributed by atoms with Crippen molar-refractivity contribution in [1.82, 2.24) is 10.2 Å². The lowest BCUT2D eigenvalue weighted by Crippen LogP contribution is -2.16. The fraction of sp³-hybridized carbons (Fsp3) is 0.111. The molecule has 1 heterocycles. The molecule has 0 bridgehead atoms. The van der Waals surface area contributed by atoms with Crippen molar-refractivity contribution in [2.75, 3.05) is 10.6 Å². The number of benzene rings is 2. The van der Waals surface area contributed by atoms with Crippen molar-refractivity contribution in [3.8, 4) is 5.75 Å². The summed E-state index contributed by atoms with van der Waals surface area (Å²) in [5.74, 6) is -0.470. The summed E-state index contributed by atoms with van der Waals surface area (Å²) >= 11 is 6.00. The molecule has 0 saturated heterocycles. The van der Waals surface area contributed by atoms with Crippen molar-refractivity contribution < 1.29 is 14.3 Å². The summed E-state index contributed by atoms with van der Waals surface area (Å²) < 4.78 is 13.9. The normalized spacial score (nSPS) is 10.6. The molecule has 0 unspecified atom stereocenters. The Kier molecular flexibility index (Phi) is 5.46. The molecule has 0 aliphatic carbocycles. The molecule has 9 heteroatoms. The molecule has 2 aromatic carbocycles. The number of nitrogens with one attached hydrogen (secondary N) is 3. The number of aromatic hydroxyl groups is 1. The number of rotatable bonds is 7. The Morgan fingerprint density at radius 1 is 1.19 bits per heavy atom. The fourth-order valence-corrected chi connectivity index (χ4v) is 2.75. The van der Waals surface area contributed by atoms with Gasteiger partial charge in [-0.2, -0.15) is 5.10 Å². The van der Waals surface area contributed by atoms with Crippen LogP contribution in [0.2, 0.25) is 5.02 Å². The van der Waals surface area contributed by atoms with Crippen LogP contribution >= 0.6 is 11.6 Å². The molecule has 1 amide bonds. The minimum absolute atomic E-state index is 0.0470. The molecular formula is C18H17ClFN5O2. The predicted molar refractivity (Wildman–Crippen MR) is 101 cm³/mol. The maximum Gasteiger partial charge on any atom is 0.256 e. The number of H-pyrrole nitrogens is 1. The number of phenolic OH excluding ortho intramolecular Hbond substituents is 1. The third kappa shape index (κ3) is 4.29. The number of carbonyl (C=O) groups is 1. The maximum absolute atomic E-state index is 13.9. The van der Waals surface area contributed by atoms with Crippen LogP contribution in [0.25, 0.3) is 0 Å². The molecule has 1 aromatic heterocycles. The molecule has 140 valence electrons. The van der Waals surface area contributed by atoms with Gasteiger partial charge in [-0.25, -0.2) is 4.39 Å². The Balaban J connectivity index is 1.75. The number of nitrogens with zero attached hydrogens (tertiary/aromatic N) is 1. The van der Waals surface area contributed by atoms with Gasteiger partial charge in [-0.15, -0.1) is 0 Å². The van der Waals surface area contributed by atoms with E-state index in [2.05, 4.69) is 20.8 Å². The molecule has 0 spiro atoms. The predicted octanol–water partition coefficient (Wildman–Crippen LogP) is 3.23. The van der Waals surface area contributed by atoms with E-state index >= 15 is 0 Å². The van der Waals surface area contributed by atoms with Gasteiger partial charge < -0.3 is 21.5 Å². The molecule has 7 nitrogen and oxygen atoms in total. The zero-order chi connectivity index (χ0) is 19.4. The molecule has 0 fully saturated rings. The minimum Gasteiger partial charge on any atom is -0.508 e. The third-order valence-electron chi connectivity index (χ3n) is 3.91. The van der Waals surface area contributed by atoms with Gasteiger partial charge in [-0.3, -0.25) is 9.89 Å². The number of amides is 1. The monoisotopic (exact) mass is 389 g/mol. The van der Waals surface area contributed by atoms with Crippen LogP contribution in [-0.2, 0) is 13.1 Å². The highest BCUT2D eigenvalue weighted by molar-refractivity contribution is 6.31. The van der Waals surface area contributed by atoms with Gasteiger partial charge in [0.05, 0.1) is 0 Å². The van der Waals surface area contributed by atoms with E-state index in [9.17, 15) is 14.3 Å². The van der Waals surface area contributed by atoms with E-state index in [0.29, 0.717) is 6.54 Å². The fourth-order valence-electron chi connectivity index (χ4n) is 2.52. The molecule has 0 aliphatic rings. The van der Waals surface area contributed by atoms with Crippen LogP contribution in [0.3, 0.4) is 0 Å². The smallest absolute Gasteiger partial charge is 0.256 e. The van der Waals surface area contributed by atoms with Crippen molar-refractivity contribution >= 4 is 29.1 Å². The topological polar surface area (TPSA) is 116 Å². The van der Waals surface area contributed by atoms with E-state index in [0.717, 1.165) is 5.56 Å². The zero-order valence-electron chi connectivity index (χ0n) is 14.1. The number of phenols is 1. The molecule has 0 radical (unpaired) electrons. The van der Waals surface area contributed by atoms with Crippen molar-refractivity contribution in [2.45, 2.75) is 13.1 Å². The minimum atomic E-state index is -0.695. The number of primary amides is 1. The number of hydrogen-bond acceptors (Lipinski definition) is 5.